The molecule has 0 aliphatic carbocycles. The van der Waals surface area contributed by atoms with E-state index in [1.165, 1.54) is 18.2 Å². The van der Waals surface area contributed by atoms with Gasteiger partial charge < -0.3 is 15.1 Å². The smallest absolute Gasteiger partial charge is 0.254 e. The Hall–Kier alpha value is -3.41. The van der Waals surface area contributed by atoms with Crippen LogP contribution in [0.1, 0.15) is 34.1 Å². The molecule has 2 N–H and O–H groups in total. The van der Waals surface area contributed by atoms with Crippen LogP contribution in [-0.4, -0.2) is 18.4 Å². The molecular formula is C21H19FN2O3. The van der Waals surface area contributed by atoms with Crippen molar-refractivity contribution in [3.05, 3.63) is 95.7 Å². The lowest BCUT2D eigenvalue weighted by Crippen LogP contribution is -2.33. The van der Waals surface area contributed by atoms with Crippen LogP contribution in [0, 0.1) is 5.82 Å². The molecule has 2 amide bonds. The minimum atomic E-state index is -0.596. The number of amides is 2. The summed E-state index contributed by atoms with van der Waals surface area (Å²) in [5.74, 6) is -0.785. The van der Waals surface area contributed by atoms with Crippen molar-refractivity contribution in [2.45, 2.75) is 12.5 Å². The van der Waals surface area contributed by atoms with E-state index in [0.717, 1.165) is 5.56 Å². The van der Waals surface area contributed by atoms with E-state index in [1.54, 1.807) is 24.5 Å². The SMILES string of the molecule is O=C(CCNC(=O)c1ccccc1F)NC(c1ccccc1)c1ccco1. The quantitative estimate of drug-likeness (QED) is 0.673. The molecule has 1 aromatic heterocycles. The van der Waals surface area contributed by atoms with Crippen molar-refractivity contribution in [3.63, 3.8) is 0 Å². The van der Waals surface area contributed by atoms with Crippen LogP contribution in [0.15, 0.2) is 77.4 Å². The van der Waals surface area contributed by atoms with Crippen molar-refractivity contribution in [1.29, 1.82) is 0 Å². The van der Waals surface area contributed by atoms with Gasteiger partial charge in [0.1, 0.15) is 17.6 Å². The van der Waals surface area contributed by atoms with Gasteiger partial charge in [-0.1, -0.05) is 42.5 Å². The lowest BCUT2D eigenvalue weighted by atomic mass is 10.0. The van der Waals surface area contributed by atoms with Crippen molar-refractivity contribution in [2.24, 2.45) is 0 Å². The van der Waals surface area contributed by atoms with Gasteiger partial charge in [-0.25, -0.2) is 4.39 Å². The summed E-state index contributed by atoms with van der Waals surface area (Å²) < 4.78 is 19.0. The van der Waals surface area contributed by atoms with Crippen molar-refractivity contribution < 1.29 is 18.4 Å². The maximum Gasteiger partial charge on any atom is 0.254 e. The van der Waals surface area contributed by atoms with Crippen molar-refractivity contribution in [2.75, 3.05) is 6.54 Å². The van der Waals surface area contributed by atoms with Gasteiger partial charge in [-0.2, -0.15) is 0 Å². The zero-order chi connectivity index (χ0) is 19.1. The average molecular weight is 366 g/mol. The van der Waals surface area contributed by atoms with Crippen LogP contribution in [0.5, 0.6) is 0 Å². The number of hydrogen-bond acceptors (Lipinski definition) is 3. The van der Waals surface area contributed by atoms with E-state index in [-0.39, 0.29) is 24.4 Å². The predicted octanol–water partition coefficient (Wildman–Crippen LogP) is 3.44. The zero-order valence-corrected chi connectivity index (χ0v) is 14.5. The molecule has 27 heavy (non-hydrogen) atoms. The number of hydrogen-bond donors (Lipinski definition) is 2. The van der Waals surface area contributed by atoms with Gasteiger partial charge in [0.2, 0.25) is 5.91 Å². The first-order chi connectivity index (χ1) is 13.1. The van der Waals surface area contributed by atoms with E-state index in [2.05, 4.69) is 10.6 Å². The molecule has 5 nitrogen and oxygen atoms in total. The van der Waals surface area contributed by atoms with E-state index < -0.39 is 17.8 Å². The van der Waals surface area contributed by atoms with Gasteiger partial charge >= 0.3 is 0 Å². The van der Waals surface area contributed by atoms with Crippen LogP contribution in [0.3, 0.4) is 0 Å². The molecule has 0 bridgehead atoms. The molecule has 0 aliphatic rings. The molecule has 1 atom stereocenters. The summed E-state index contributed by atoms with van der Waals surface area (Å²) in [6.45, 7) is 0.0959. The van der Waals surface area contributed by atoms with Gasteiger partial charge in [0, 0.05) is 13.0 Å². The third kappa shape index (κ3) is 4.82. The van der Waals surface area contributed by atoms with Gasteiger partial charge in [-0.15, -0.1) is 0 Å². The number of benzene rings is 2. The molecule has 138 valence electrons. The third-order valence-electron chi connectivity index (χ3n) is 4.02. The normalized spacial score (nSPS) is 11.6. The molecule has 0 radical (unpaired) electrons. The molecule has 1 heterocycles. The second-order valence-electron chi connectivity index (χ2n) is 5.91. The number of rotatable bonds is 7. The average Bonchev–Trinajstić information content (AvgIpc) is 3.21. The van der Waals surface area contributed by atoms with Crippen LogP contribution in [0.4, 0.5) is 4.39 Å². The van der Waals surface area contributed by atoms with Crippen LogP contribution >= 0.6 is 0 Å². The Morgan fingerprint density at radius 2 is 1.70 bits per heavy atom. The van der Waals surface area contributed by atoms with E-state index in [1.807, 2.05) is 30.3 Å². The molecule has 2 aromatic carbocycles. The van der Waals surface area contributed by atoms with E-state index in [0.29, 0.717) is 5.76 Å². The largest absolute Gasteiger partial charge is 0.467 e. The highest BCUT2D eigenvalue weighted by atomic mass is 19.1. The lowest BCUT2D eigenvalue weighted by molar-refractivity contribution is -0.121. The minimum Gasteiger partial charge on any atom is -0.467 e. The maximum absolute atomic E-state index is 13.6. The standard InChI is InChI=1S/C21H19FN2O3/c22-17-10-5-4-9-16(17)21(26)23-13-12-19(25)24-20(18-11-6-14-27-18)15-7-2-1-3-8-15/h1-11,14,20H,12-13H2,(H,23,26)(H,24,25). The summed E-state index contributed by atoms with van der Waals surface area (Å²) >= 11 is 0. The highest BCUT2D eigenvalue weighted by molar-refractivity contribution is 5.94. The molecule has 0 spiro atoms. The summed E-state index contributed by atoms with van der Waals surface area (Å²) in [6.07, 6.45) is 1.61. The fourth-order valence-corrected chi connectivity index (χ4v) is 2.68. The summed E-state index contributed by atoms with van der Waals surface area (Å²) in [5.41, 5.74) is 0.840. The summed E-state index contributed by atoms with van der Waals surface area (Å²) in [6, 6.07) is 18.3. The molecule has 0 saturated heterocycles. The summed E-state index contributed by atoms with van der Waals surface area (Å²) in [5, 5.41) is 5.46. The Balaban J connectivity index is 1.57. The minimum absolute atomic E-state index is 0.0457. The van der Waals surface area contributed by atoms with Gasteiger partial charge in [-0.05, 0) is 29.8 Å². The van der Waals surface area contributed by atoms with E-state index >= 15 is 0 Å². The summed E-state index contributed by atoms with van der Waals surface area (Å²) in [4.78, 5) is 24.3. The number of carbonyl (C=O) groups excluding carboxylic acids is 2. The second-order valence-corrected chi connectivity index (χ2v) is 5.91. The molecule has 1 unspecified atom stereocenters. The highest BCUT2D eigenvalue weighted by Gasteiger charge is 2.19. The van der Waals surface area contributed by atoms with Gasteiger partial charge in [0.25, 0.3) is 5.91 Å². The number of furan rings is 1. The second kappa shape index (κ2) is 8.80. The summed E-state index contributed by atoms with van der Waals surface area (Å²) in [7, 11) is 0. The van der Waals surface area contributed by atoms with Crippen LogP contribution < -0.4 is 10.6 Å². The van der Waals surface area contributed by atoms with E-state index in [4.69, 9.17) is 4.42 Å². The topological polar surface area (TPSA) is 71.3 Å². The predicted molar refractivity (Wildman–Crippen MR) is 98.5 cm³/mol. The van der Waals surface area contributed by atoms with Gasteiger partial charge in [0.15, 0.2) is 0 Å². The Bertz CT molecular complexity index is 895. The molecule has 0 aliphatic heterocycles. The highest BCUT2D eigenvalue weighted by Crippen LogP contribution is 2.22. The lowest BCUT2D eigenvalue weighted by Gasteiger charge is -2.17. The Morgan fingerprint density at radius 3 is 2.41 bits per heavy atom. The Morgan fingerprint density at radius 1 is 0.963 bits per heavy atom. The number of halogens is 1. The molecule has 3 rings (SSSR count). The first-order valence-electron chi connectivity index (χ1n) is 8.55. The third-order valence-corrected chi connectivity index (χ3v) is 4.02. The Labute approximate surface area is 156 Å². The molecular weight excluding hydrogens is 347 g/mol. The van der Waals surface area contributed by atoms with E-state index in [9.17, 15) is 14.0 Å². The fraction of sp³-hybridized carbons (Fsp3) is 0.143. The van der Waals surface area contributed by atoms with Gasteiger partial charge in [-0.3, -0.25) is 9.59 Å². The first kappa shape index (κ1) is 18.4. The van der Waals surface area contributed by atoms with Crippen LogP contribution in [-0.2, 0) is 4.79 Å². The molecule has 6 heteroatoms. The van der Waals surface area contributed by atoms with Gasteiger partial charge in [0.05, 0.1) is 11.8 Å². The molecule has 0 saturated carbocycles. The Kier molecular flexibility index (Phi) is 5.99. The first-order valence-corrected chi connectivity index (χ1v) is 8.55. The molecule has 0 fully saturated rings. The van der Waals surface area contributed by atoms with Crippen molar-refractivity contribution in [3.8, 4) is 0 Å². The molecule has 3 aromatic rings. The fourth-order valence-electron chi connectivity index (χ4n) is 2.68. The van der Waals surface area contributed by atoms with Crippen LogP contribution in [0.2, 0.25) is 0 Å². The maximum atomic E-state index is 13.6. The van der Waals surface area contributed by atoms with Crippen molar-refractivity contribution in [1.82, 2.24) is 10.6 Å². The zero-order valence-electron chi connectivity index (χ0n) is 14.5. The monoisotopic (exact) mass is 366 g/mol. The van der Waals surface area contributed by atoms with Crippen molar-refractivity contribution >= 4 is 11.8 Å². The number of nitrogens with one attached hydrogen (secondary N) is 2. The van der Waals surface area contributed by atoms with Crippen LogP contribution in [0.25, 0.3) is 0 Å². The number of carbonyl (C=O) groups is 2.